The average molecular weight is 335 g/mol. The molecule has 2 unspecified atom stereocenters. The topological polar surface area (TPSA) is 51.0 Å². The van der Waals surface area contributed by atoms with Gasteiger partial charge in [0.25, 0.3) is 5.91 Å². The Bertz CT molecular complexity index is 735. The SMILES string of the molecule is O=C(c1cncc(F)c1)N1C2CCC1CC(n1cc(Cl)cn1)C2. The van der Waals surface area contributed by atoms with Gasteiger partial charge in [0.05, 0.1) is 29.0 Å². The monoisotopic (exact) mass is 334 g/mol. The van der Waals surface area contributed by atoms with E-state index in [0.717, 1.165) is 31.9 Å². The minimum atomic E-state index is -0.482. The van der Waals surface area contributed by atoms with Crippen LogP contribution in [0.5, 0.6) is 0 Å². The fraction of sp³-hybridized carbons (Fsp3) is 0.438. The number of hydrogen-bond acceptors (Lipinski definition) is 3. The maximum absolute atomic E-state index is 13.3. The van der Waals surface area contributed by atoms with Crippen molar-refractivity contribution in [1.82, 2.24) is 19.7 Å². The summed E-state index contributed by atoms with van der Waals surface area (Å²) in [5.41, 5.74) is 0.322. The number of hydrogen-bond donors (Lipinski definition) is 0. The van der Waals surface area contributed by atoms with Crippen LogP contribution < -0.4 is 0 Å². The molecule has 2 bridgehead atoms. The van der Waals surface area contributed by atoms with Gasteiger partial charge in [0.1, 0.15) is 5.82 Å². The molecule has 0 N–H and O–H groups in total. The van der Waals surface area contributed by atoms with Crippen LogP contribution in [0.25, 0.3) is 0 Å². The number of aromatic nitrogens is 3. The van der Waals surface area contributed by atoms with Crippen LogP contribution in [0.2, 0.25) is 5.02 Å². The van der Waals surface area contributed by atoms with Crippen molar-refractivity contribution < 1.29 is 9.18 Å². The van der Waals surface area contributed by atoms with Gasteiger partial charge in [0.2, 0.25) is 0 Å². The zero-order valence-corrected chi connectivity index (χ0v) is 13.2. The fourth-order valence-corrected chi connectivity index (χ4v) is 4.03. The number of fused-ring (bicyclic) bond motifs is 2. The van der Waals surface area contributed by atoms with E-state index in [1.807, 2.05) is 15.8 Å². The van der Waals surface area contributed by atoms with Crippen LogP contribution in [0.1, 0.15) is 42.1 Å². The van der Waals surface area contributed by atoms with Crippen LogP contribution >= 0.6 is 11.6 Å². The summed E-state index contributed by atoms with van der Waals surface area (Å²) in [5, 5.41) is 4.92. The third kappa shape index (κ3) is 2.61. The van der Waals surface area contributed by atoms with E-state index in [-0.39, 0.29) is 24.0 Å². The lowest BCUT2D eigenvalue weighted by atomic mass is 9.96. The number of piperidine rings is 1. The summed E-state index contributed by atoms with van der Waals surface area (Å²) in [6.07, 6.45) is 9.67. The van der Waals surface area contributed by atoms with Crippen molar-refractivity contribution in [2.75, 3.05) is 0 Å². The molecule has 23 heavy (non-hydrogen) atoms. The fourth-order valence-electron chi connectivity index (χ4n) is 3.89. The van der Waals surface area contributed by atoms with Crippen LogP contribution in [0.15, 0.2) is 30.9 Å². The van der Waals surface area contributed by atoms with Gasteiger partial charge in [-0.25, -0.2) is 4.39 Å². The van der Waals surface area contributed by atoms with E-state index in [9.17, 15) is 9.18 Å². The van der Waals surface area contributed by atoms with E-state index < -0.39 is 5.82 Å². The van der Waals surface area contributed by atoms with Crippen molar-refractivity contribution in [2.24, 2.45) is 0 Å². The second-order valence-corrected chi connectivity index (χ2v) is 6.69. The quantitative estimate of drug-likeness (QED) is 0.848. The number of halogens is 2. The first-order chi connectivity index (χ1) is 11.1. The third-order valence-corrected chi connectivity index (χ3v) is 5.03. The summed E-state index contributed by atoms with van der Waals surface area (Å²) in [4.78, 5) is 18.4. The minimum Gasteiger partial charge on any atom is -0.332 e. The highest BCUT2D eigenvalue weighted by molar-refractivity contribution is 6.30. The Balaban J connectivity index is 1.55. The number of rotatable bonds is 2. The summed E-state index contributed by atoms with van der Waals surface area (Å²) in [6, 6.07) is 1.85. The van der Waals surface area contributed by atoms with E-state index >= 15 is 0 Å². The first-order valence-electron chi connectivity index (χ1n) is 7.74. The highest BCUT2D eigenvalue weighted by Crippen LogP contribution is 2.41. The predicted octanol–water partition coefficient (Wildman–Crippen LogP) is 3.08. The number of pyridine rings is 1. The highest BCUT2D eigenvalue weighted by Gasteiger charge is 2.44. The molecule has 5 nitrogen and oxygen atoms in total. The Labute approximate surface area is 138 Å². The Morgan fingerprint density at radius 2 is 1.91 bits per heavy atom. The van der Waals surface area contributed by atoms with Gasteiger partial charge in [0.15, 0.2) is 0 Å². The van der Waals surface area contributed by atoms with Crippen molar-refractivity contribution in [2.45, 2.75) is 43.8 Å². The molecule has 0 spiro atoms. The van der Waals surface area contributed by atoms with Crippen LogP contribution in [0, 0.1) is 5.82 Å². The molecule has 4 rings (SSSR count). The average Bonchev–Trinajstić information content (AvgIpc) is 3.08. The van der Waals surface area contributed by atoms with Crippen LogP contribution in [0.4, 0.5) is 4.39 Å². The number of carbonyl (C=O) groups is 1. The van der Waals surface area contributed by atoms with Gasteiger partial charge in [-0.2, -0.15) is 5.10 Å². The maximum Gasteiger partial charge on any atom is 0.256 e. The molecule has 0 saturated carbocycles. The molecular formula is C16H16ClFN4O. The van der Waals surface area contributed by atoms with Gasteiger partial charge in [-0.1, -0.05) is 11.6 Å². The summed E-state index contributed by atoms with van der Waals surface area (Å²) in [5.74, 6) is -0.606. The predicted molar refractivity (Wildman–Crippen MR) is 82.7 cm³/mol. The summed E-state index contributed by atoms with van der Waals surface area (Å²) < 4.78 is 15.2. The molecule has 2 aromatic rings. The van der Waals surface area contributed by atoms with Crippen molar-refractivity contribution >= 4 is 17.5 Å². The molecule has 0 aliphatic carbocycles. The van der Waals surface area contributed by atoms with E-state index in [1.54, 1.807) is 6.20 Å². The van der Waals surface area contributed by atoms with Crippen molar-refractivity contribution in [3.63, 3.8) is 0 Å². The zero-order valence-electron chi connectivity index (χ0n) is 12.4. The van der Waals surface area contributed by atoms with Gasteiger partial charge in [-0.05, 0) is 31.7 Å². The molecule has 120 valence electrons. The normalized spacial score (nSPS) is 26.5. The van der Waals surface area contributed by atoms with Gasteiger partial charge >= 0.3 is 0 Å². The largest absolute Gasteiger partial charge is 0.332 e. The molecule has 2 aliphatic rings. The van der Waals surface area contributed by atoms with Gasteiger partial charge < -0.3 is 4.90 Å². The molecule has 1 amide bonds. The first kappa shape index (κ1) is 14.6. The highest BCUT2D eigenvalue weighted by atomic mass is 35.5. The summed E-state index contributed by atoms with van der Waals surface area (Å²) in [7, 11) is 0. The smallest absolute Gasteiger partial charge is 0.256 e. The molecule has 0 aromatic carbocycles. The van der Waals surface area contributed by atoms with Crippen molar-refractivity contribution in [1.29, 1.82) is 0 Å². The third-order valence-electron chi connectivity index (χ3n) is 4.84. The number of carbonyl (C=O) groups excluding carboxylic acids is 1. The Hall–Kier alpha value is -1.95. The molecule has 2 atom stereocenters. The molecule has 7 heteroatoms. The molecule has 0 radical (unpaired) electrons. The molecule has 2 fully saturated rings. The van der Waals surface area contributed by atoms with Crippen molar-refractivity contribution in [3.8, 4) is 0 Å². The molecule has 4 heterocycles. The van der Waals surface area contributed by atoms with Crippen LogP contribution in [0.3, 0.4) is 0 Å². The molecular weight excluding hydrogens is 319 g/mol. The van der Waals surface area contributed by atoms with E-state index in [1.165, 1.54) is 12.3 Å². The molecule has 2 aliphatic heterocycles. The zero-order chi connectivity index (χ0) is 16.0. The lowest BCUT2D eigenvalue weighted by Gasteiger charge is -2.39. The lowest BCUT2D eigenvalue weighted by Crippen LogP contribution is -2.47. The second kappa shape index (κ2) is 5.60. The first-order valence-corrected chi connectivity index (χ1v) is 8.12. The van der Waals surface area contributed by atoms with Crippen LogP contribution in [-0.2, 0) is 0 Å². The minimum absolute atomic E-state index is 0.124. The Morgan fingerprint density at radius 1 is 1.17 bits per heavy atom. The number of nitrogens with zero attached hydrogens (tertiary/aromatic N) is 4. The van der Waals surface area contributed by atoms with E-state index in [4.69, 9.17) is 11.6 Å². The number of amides is 1. The molecule has 2 aromatic heterocycles. The van der Waals surface area contributed by atoms with E-state index in [0.29, 0.717) is 10.6 Å². The van der Waals surface area contributed by atoms with Crippen LogP contribution in [-0.4, -0.2) is 37.7 Å². The summed E-state index contributed by atoms with van der Waals surface area (Å²) in [6.45, 7) is 0. The van der Waals surface area contributed by atoms with Gasteiger partial charge in [-0.15, -0.1) is 0 Å². The van der Waals surface area contributed by atoms with Gasteiger partial charge in [-0.3, -0.25) is 14.5 Å². The summed E-state index contributed by atoms with van der Waals surface area (Å²) >= 11 is 5.95. The standard InChI is InChI=1S/C16H16ClFN4O/c17-11-7-20-21(9-11)15-4-13-1-2-14(5-15)22(13)16(23)10-3-12(18)8-19-6-10/h3,6-9,13-15H,1-2,4-5H2. The van der Waals surface area contributed by atoms with Gasteiger partial charge in [0, 0.05) is 24.5 Å². The second-order valence-electron chi connectivity index (χ2n) is 6.25. The Kier molecular flexibility index (Phi) is 3.56. The van der Waals surface area contributed by atoms with E-state index in [2.05, 4.69) is 10.1 Å². The van der Waals surface area contributed by atoms with Crippen molar-refractivity contribution in [3.05, 3.63) is 47.3 Å². The molecule has 2 saturated heterocycles. The maximum atomic E-state index is 13.3. The lowest BCUT2D eigenvalue weighted by molar-refractivity contribution is 0.0523. The Morgan fingerprint density at radius 3 is 2.52 bits per heavy atom.